The number of nitrogens with two attached hydrogens (primary N) is 2. The summed E-state index contributed by atoms with van der Waals surface area (Å²) in [6.07, 6.45) is 0.579. The number of primary amides is 1. The third-order valence-electron chi connectivity index (χ3n) is 3.58. The Hall–Kier alpha value is -0.610. The Morgan fingerprint density at radius 1 is 1.31 bits per heavy atom. The molecule has 0 radical (unpaired) electrons. The summed E-state index contributed by atoms with van der Waals surface area (Å²) in [4.78, 5) is 13.4. The molecule has 3 atom stereocenters. The molecular weight excluding hydrogens is 202 g/mol. The van der Waals surface area contributed by atoms with Crippen molar-refractivity contribution in [1.82, 2.24) is 4.90 Å². The molecule has 0 aromatic heterocycles. The zero-order valence-electron chi connectivity index (χ0n) is 11.4. The van der Waals surface area contributed by atoms with Crippen molar-refractivity contribution in [2.75, 3.05) is 7.05 Å². The molecule has 0 rings (SSSR count). The highest BCUT2D eigenvalue weighted by atomic mass is 16.1. The molecule has 96 valence electrons. The van der Waals surface area contributed by atoms with Crippen LogP contribution in [0, 0.1) is 5.92 Å². The molecule has 4 N–H and O–H groups in total. The normalized spacial score (nSPS) is 19.6. The van der Waals surface area contributed by atoms with E-state index in [-0.39, 0.29) is 6.04 Å². The predicted molar refractivity (Wildman–Crippen MR) is 67.9 cm³/mol. The van der Waals surface area contributed by atoms with Gasteiger partial charge in [-0.05, 0) is 40.2 Å². The highest BCUT2D eigenvalue weighted by Crippen LogP contribution is 2.17. The van der Waals surface area contributed by atoms with E-state index < -0.39 is 11.4 Å². The number of carbonyl (C=O) groups excluding carboxylic acids is 1. The maximum Gasteiger partial charge on any atom is 0.237 e. The van der Waals surface area contributed by atoms with E-state index >= 15 is 0 Å². The summed E-state index contributed by atoms with van der Waals surface area (Å²) in [5.41, 5.74) is 10.2. The highest BCUT2D eigenvalue weighted by molar-refractivity contribution is 5.83. The molecule has 0 aromatic carbocycles. The molecule has 3 unspecified atom stereocenters. The van der Waals surface area contributed by atoms with Crippen LogP contribution in [-0.4, -0.2) is 35.5 Å². The molecule has 0 fully saturated rings. The van der Waals surface area contributed by atoms with Gasteiger partial charge in [-0.3, -0.25) is 4.79 Å². The number of hydrogen-bond donors (Lipinski definition) is 2. The largest absolute Gasteiger partial charge is 0.368 e. The van der Waals surface area contributed by atoms with Crippen LogP contribution in [0.2, 0.25) is 0 Å². The zero-order valence-corrected chi connectivity index (χ0v) is 11.4. The summed E-state index contributed by atoms with van der Waals surface area (Å²) in [5.74, 6) is 0.134. The molecule has 0 aliphatic rings. The van der Waals surface area contributed by atoms with E-state index in [1.807, 2.05) is 0 Å². The van der Waals surface area contributed by atoms with Gasteiger partial charge in [0.1, 0.15) is 0 Å². The van der Waals surface area contributed by atoms with Crippen LogP contribution in [-0.2, 0) is 4.79 Å². The van der Waals surface area contributed by atoms with Crippen LogP contribution in [0.1, 0.15) is 41.0 Å². The Bertz CT molecular complexity index is 238. The van der Waals surface area contributed by atoms with E-state index in [1.165, 1.54) is 0 Å². The van der Waals surface area contributed by atoms with Gasteiger partial charge in [-0.1, -0.05) is 13.8 Å². The van der Waals surface area contributed by atoms with Crippen molar-refractivity contribution in [2.24, 2.45) is 17.4 Å². The quantitative estimate of drug-likeness (QED) is 0.712. The molecule has 4 heteroatoms. The van der Waals surface area contributed by atoms with Gasteiger partial charge in [0.15, 0.2) is 0 Å². The van der Waals surface area contributed by atoms with E-state index in [2.05, 4.69) is 39.6 Å². The van der Waals surface area contributed by atoms with Crippen LogP contribution in [0.15, 0.2) is 0 Å². The molecule has 0 saturated carbocycles. The van der Waals surface area contributed by atoms with Crippen molar-refractivity contribution < 1.29 is 4.79 Å². The number of hydrogen-bond acceptors (Lipinski definition) is 3. The predicted octanol–water partition coefficient (Wildman–Crippen LogP) is 0.944. The maximum absolute atomic E-state index is 11.2. The van der Waals surface area contributed by atoms with E-state index in [0.717, 1.165) is 0 Å². The minimum atomic E-state index is -0.926. The van der Waals surface area contributed by atoms with Crippen molar-refractivity contribution in [2.45, 2.75) is 58.7 Å². The van der Waals surface area contributed by atoms with Crippen LogP contribution < -0.4 is 11.5 Å². The Morgan fingerprint density at radius 2 is 1.75 bits per heavy atom. The van der Waals surface area contributed by atoms with Crippen LogP contribution in [0.4, 0.5) is 0 Å². The van der Waals surface area contributed by atoms with Gasteiger partial charge in [0.05, 0.1) is 5.54 Å². The third-order valence-corrected chi connectivity index (χ3v) is 3.58. The summed E-state index contributed by atoms with van der Waals surface area (Å²) in [7, 11) is 2.06. The molecule has 0 saturated heterocycles. The smallest absolute Gasteiger partial charge is 0.237 e. The molecule has 0 aliphatic carbocycles. The Labute approximate surface area is 99.4 Å². The van der Waals surface area contributed by atoms with Crippen LogP contribution in [0.5, 0.6) is 0 Å². The van der Waals surface area contributed by atoms with E-state index in [9.17, 15) is 4.79 Å². The SMILES string of the molecule is CC(C)C(C)N(C)C(C)CC(C)(N)C(N)=O. The summed E-state index contributed by atoms with van der Waals surface area (Å²) in [6, 6.07) is 0.693. The summed E-state index contributed by atoms with van der Waals surface area (Å²) >= 11 is 0. The first-order valence-corrected chi connectivity index (χ1v) is 5.90. The zero-order chi connectivity index (χ0) is 13.1. The Balaban J connectivity index is 4.47. The molecule has 16 heavy (non-hydrogen) atoms. The monoisotopic (exact) mass is 229 g/mol. The van der Waals surface area contributed by atoms with Crippen LogP contribution >= 0.6 is 0 Å². The molecule has 0 aromatic rings. The lowest BCUT2D eigenvalue weighted by molar-refractivity contribution is -0.123. The first-order valence-electron chi connectivity index (χ1n) is 5.90. The van der Waals surface area contributed by atoms with Gasteiger partial charge in [-0.2, -0.15) is 0 Å². The van der Waals surface area contributed by atoms with Gasteiger partial charge >= 0.3 is 0 Å². The number of nitrogens with zero attached hydrogens (tertiary/aromatic N) is 1. The number of carbonyl (C=O) groups is 1. The van der Waals surface area contributed by atoms with Crippen LogP contribution in [0.25, 0.3) is 0 Å². The van der Waals surface area contributed by atoms with Gasteiger partial charge < -0.3 is 16.4 Å². The lowest BCUT2D eigenvalue weighted by Crippen LogP contribution is -2.54. The first-order chi connectivity index (χ1) is 7.09. The summed E-state index contributed by atoms with van der Waals surface area (Å²) in [6.45, 7) is 10.3. The molecular formula is C12H27N3O. The van der Waals surface area contributed by atoms with Crippen molar-refractivity contribution >= 4 is 5.91 Å². The standard InChI is InChI=1S/C12H27N3O/c1-8(2)10(4)15(6)9(3)7-12(5,14)11(13)16/h8-10H,7,14H2,1-6H3,(H2,13,16). The van der Waals surface area contributed by atoms with Crippen LogP contribution in [0.3, 0.4) is 0 Å². The molecule has 0 spiro atoms. The average Bonchev–Trinajstić information content (AvgIpc) is 2.14. The van der Waals surface area contributed by atoms with Gasteiger partial charge in [-0.25, -0.2) is 0 Å². The Morgan fingerprint density at radius 3 is 2.06 bits per heavy atom. The lowest BCUT2D eigenvalue weighted by Gasteiger charge is -2.36. The topological polar surface area (TPSA) is 72.3 Å². The van der Waals surface area contributed by atoms with Crippen molar-refractivity contribution in [3.05, 3.63) is 0 Å². The second-order valence-corrected chi connectivity index (χ2v) is 5.48. The third kappa shape index (κ3) is 4.10. The minimum Gasteiger partial charge on any atom is -0.368 e. The van der Waals surface area contributed by atoms with Crippen molar-refractivity contribution in [3.8, 4) is 0 Å². The van der Waals surface area contributed by atoms with Gasteiger partial charge in [0, 0.05) is 12.1 Å². The molecule has 1 amide bonds. The van der Waals surface area contributed by atoms with Crippen molar-refractivity contribution in [1.29, 1.82) is 0 Å². The second kappa shape index (κ2) is 5.64. The summed E-state index contributed by atoms with van der Waals surface area (Å²) in [5, 5.41) is 0. The molecule has 0 bridgehead atoms. The molecule has 0 heterocycles. The second-order valence-electron chi connectivity index (χ2n) is 5.48. The fourth-order valence-electron chi connectivity index (χ4n) is 1.73. The van der Waals surface area contributed by atoms with Gasteiger partial charge in [0.25, 0.3) is 0 Å². The lowest BCUT2D eigenvalue weighted by atomic mass is 9.92. The fraction of sp³-hybridized carbons (Fsp3) is 0.917. The van der Waals surface area contributed by atoms with E-state index in [1.54, 1.807) is 6.92 Å². The van der Waals surface area contributed by atoms with E-state index in [4.69, 9.17) is 11.5 Å². The maximum atomic E-state index is 11.2. The van der Waals surface area contributed by atoms with Crippen molar-refractivity contribution in [3.63, 3.8) is 0 Å². The van der Waals surface area contributed by atoms with Gasteiger partial charge in [0.2, 0.25) is 5.91 Å². The fourth-order valence-corrected chi connectivity index (χ4v) is 1.73. The Kier molecular flexibility index (Phi) is 5.42. The molecule has 0 aliphatic heterocycles. The summed E-state index contributed by atoms with van der Waals surface area (Å²) < 4.78 is 0. The molecule has 4 nitrogen and oxygen atoms in total. The number of rotatable bonds is 6. The minimum absolute atomic E-state index is 0.236. The van der Waals surface area contributed by atoms with E-state index in [0.29, 0.717) is 18.4 Å². The average molecular weight is 229 g/mol. The highest BCUT2D eigenvalue weighted by Gasteiger charge is 2.30. The van der Waals surface area contributed by atoms with Gasteiger partial charge in [-0.15, -0.1) is 0 Å². The first kappa shape index (κ1) is 15.4. The number of amides is 1.